The van der Waals surface area contributed by atoms with Gasteiger partial charge in [0.25, 0.3) is 0 Å². The summed E-state index contributed by atoms with van der Waals surface area (Å²) in [4.78, 5) is 0. The van der Waals surface area contributed by atoms with Crippen LogP contribution in [-0.4, -0.2) is 13.2 Å². The Bertz CT molecular complexity index is 622. The first-order valence-corrected chi connectivity index (χ1v) is 8.08. The fourth-order valence-electron chi connectivity index (χ4n) is 3.05. The van der Waals surface area contributed by atoms with Gasteiger partial charge in [-0.1, -0.05) is 46.3 Å². The molecular formula is C18H20BrNO. The molecule has 0 heterocycles. The Morgan fingerprint density at radius 3 is 2.52 bits per heavy atom. The predicted octanol–water partition coefficient (Wildman–Crippen LogP) is 4.06. The highest BCUT2D eigenvalue weighted by atomic mass is 79.9. The summed E-state index contributed by atoms with van der Waals surface area (Å²) in [5, 5.41) is 0. The third-order valence-electron chi connectivity index (χ3n) is 4.54. The van der Waals surface area contributed by atoms with Gasteiger partial charge in [-0.15, -0.1) is 0 Å². The molecule has 0 radical (unpaired) electrons. The average Bonchev–Trinajstić information content (AvgIpc) is 3.32. The second-order valence-corrected chi connectivity index (χ2v) is 6.64. The molecule has 2 aromatic rings. The lowest BCUT2D eigenvalue weighted by Crippen LogP contribution is -2.36. The van der Waals surface area contributed by atoms with Gasteiger partial charge < -0.3 is 10.5 Å². The molecule has 0 bridgehead atoms. The Balaban J connectivity index is 1.82. The molecule has 1 aliphatic rings. The normalized spacial score (nSPS) is 17.3. The first-order chi connectivity index (χ1) is 10.2. The summed E-state index contributed by atoms with van der Waals surface area (Å²) < 4.78 is 6.42. The Hall–Kier alpha value is -1.32. The largest absolute Gasteiger partial charge is 0.497 e. The molecular weight excluding hydrogens is 326 g/mol. The molecule has 0 aromatic heterocycles. The van der Waals surface area contributed by atoms with E-state index in [4.69, 9.17) is 10.5 Å². The van der Waals surface area contributed by atoms with Crippen LogP contribution in [0.5, 0.6) is 5.75 Å². The van der Waals surface area contributed by atoms with E-state index in [1.54, 1.807) is 7.11 Å². The summed E-state index contributed by atoms with van der Waals surface area (Å²) in [6.45, 7) is 0. The average molecular weight is 346 g/mol. The summed E-state index contributed by atoms with van der Waals surface area (Å²) in [6.07, 6.45) is 3.21. The predicted molar refractivity (Wildman–Crippen MR) is 89.7 cm³/mol. The quantitative estimate of drug-likeness (QED) is 0.886. The second kappa shape index (κ2) is 5.82. The number of ether oxygens (including phenoxy) is 1. The fraction of sp³-hybridized carbons (Fsp3) is 0.333. The lowest BCUT2D eigenvalue weighted by atomic mass is 9.85. The van der Waals surface area contributed by atoms with Gasteiger partial charge in [0.1, 0.15) is 5.75 Å². The summed E-state index contributed by atoms with van der Waals surface area (Å²) in [5.41, 5.74) is 9.32. The van der Waals surface area contributed by atoms with Gasteiger partial charge >= 0.3 is 0 Å². The van der Waals surface area contributed by atoms with Crippen LogP contribution in [0.4, 0.5) is 0 Å². The SMILES string of the molecule is COc1ccc(Br)c(CC(N)C2(c3ccccc3)CC2)c1. The van der Waals surface area contributed by atoms with Crippen LogP contribution in [0, 0.1) is 0 Å². The lowest BCUT2D eigenvalue weighted by molar-refractivity contribution is 0.413. The number of rotatable bonds is 5. The molecule has 3 heteroatoms. The van der Waals surface area contributed by atoms with Crippen LogP contribution in [-0.2, 0) is 11.8 Å². The number of hydrogen-bond acceptors (Lipinski definition) is 2. The molecule has 2 nitrogen and oxygen atoms in total. The monoisotopic (exact) mass is 345 g/mol. The Morgan fingerprint density at radius 1 is 1.19 bits per heavy atom. The van der Waals surface area contributed by atoms with Crippen molar-refractivity contribution in [2.24, 2.45) is 5.73 Å². The van der Waals surface area contributed by atoms with Crippen LogP contribution in [0.3, 0.4) is 0 Å². The second-order valence-electron chi connectivity index (χ2n) is 5.79. The summed E-state index contributed by atoms with van der Waals surface area (Å²) >= 11 is 3.62. The van der Waals surface area contributed by atoms with E-state index in [0.717, 1.165) is 16.6 Å². The first kappa shape index (κ1) is 14.6. The zero-order valence-electron chi connectivity index (χ0n) is 12.2. The van der Waals surface area contributed by atoms with Gasteiger partial charge in [-0.25, -0.2) is 0 Å². The minimum atomic E-state index is 0.128. The molecule has 1 aliphatic carbocycles. The van der Waals surface area contributed by atoms with Gasteiger partial charge in [0.15, 0.2) is 0 Å². The zero-order chi connectivity index (χ0) is 14.9. The highest BCUT2D eigenvalue weighted by molar-refractivity contribution is 9.10. The number of nitrogens with two attached hydrogens (primary N) is 1. The summed E-state index contributed by atoms with van der Waals surface area (Å²) in [5.74, 6) is 0.880. The molecule has 1 unspecified atom stereocenters. The minimum Gasteiger partial charge on any atom is -0.497 e. The van der Waals surface area contributed by atoms with Crippen molar-refractivity contribution in [2.45, 2.75) is 30.7 Å². The molecule has 0 amide bonds. The van der Waals surface area contributed by atoms with Gasteiger partial charge in [0.05, 0.1) is 7.11 Å². The van der Waals surface area contributed by atoms with Gasteiger partial charge in [-0.05, 0) is 48.6 Å². The van der Waals surface area contributed by atoms with Gasteiger partial charge in [0, 0.05) is 15.9 Å². The maximum Gasteiger partial charge on any atom is 0.119 e. The number of benzene rings is 2. The molecule has 2 N–H and O–H groups in total. The molecule has 0 saturated heterocycles. The topological polar surface area (TPSA) is 35.2 Å². The third kappa shape index (κ3) is 2.85. The van der Waals surface area contributed by atoms with Gasteiger partial charge in [-0.3, -0.25) is 0 Å². The maximum atomic E-state index is 6.58. The van der Waals surface area contributed by atoms with Crippen molar-refractivity contribution in [1.82, 2.24) is 0 Å². The molecule has 0 spiro atoms. The van der Waals surface area contributed by atoms with Crippen molar-refractivity contribution < 1.29 is 4.74 Å². The molecule has 1 fully saturated rings. The first-order valence-electron chi connectivity index (χ1n) is 7.29. The van der Waals surface area contributed by atoms with E-state index in [0.29, 0.717) is 0 Å². The molecule has 1 saturated carbocycles. The van der Waals surface area contributed by atoms with Crippen molar-refractivity contribution >= 4 is 15.9 Å². The van der Waals surface area contributed by atoms with Crippen LogP contribution in [0.15, 0.2) is 53.0 Å². The van der Waals surface area contributed by atoms with Crippen LogP contribution < -0.4 is 10.5 Å². The van der Waals surface area contributed by atoms with Gasteiger partial charge in [-0.2, -0.15) is 0 Å². The molecule has 2 aromatic carbocycles. The van der Waals surface area contributed by atoms with E-state index in [9.17, 15) is 0 Å². The fourth-order valence-corrected chi connectivity index (χ4v) is 3.45. The number of methoxy groups -OCH3 is 1. The number of halogens is 1. The Morgan fingerprint density at radius 2 is 1.90 bits per heavy atom. The van der Waals surface area contributed by atoms with Crippen molar-refractivity contribution in [2.75, 3.05) is 7.11 Å². The minimum absolute atomic E-state index is 0.128. The molecule has 3 rings (SSSR count). The van der Waals surface area contributed by atoms with Crippen LogP contribution in [0.1, 0.15) is 24.0 Å². The van der Waals surface area contributed by atoms with E-state index < -0.39 is 0 Å². The van der Waals surface area contributed by atoms with E-state index in [1.165, 1.54) is 24.0 Å². The van der Waals surface area contributed by atoms with Crippen molar-refractivity contribution in [3.63, 3.8) is 0 Å². The lowest BCUT2D eigenvalue weighted by Gasteiger charge is -2.24. The number of hydrogen-bond donors (Lipinski definition) is 1. The van der Waals surface area contributed by atoms with Crippen molar-refractivity contribution in [3.05, 3.63) is 64.1 Å². The van der Waals surface area contributed by atoms with Crippen molar-refractivity contribution in [1.29, 1.82) is 0 Å². The summed E-state index contributed by atoms with van der Waals surface area (Å²) in [6, 6.07) is 16.9. The molecule has 0 aliphatic heterocycles. The molecule has 1 atom stereocenters. The van der Waals surface area contributed by atoms with E-state index >= 15 is 0 Å². The standard InChI is InChI=1S/C18H20BrNO/c1-21-15-7-8-16(19)13(11-15)12-17(20)18(9-10-18)14-5-3-2-4-6-14/h2-8,11,17H,9-10,12,20H2,1H3. The molecule has 21 heavy (non-hydrogen) atoms. The smallest absolute Gasteiger partial charge is 0.119 e. The Kier molecular flexibility index (Phi) is 4.05. The van der Waals surface area contributed by atoms with E-state index in [2.05, 4.69) is 52.3 Å². The summed E-state index contributed by atoms with van der Waals surface area (Å²) in [7, 11) is 1.69. The Labute approximate surface area is 134 Å². The van der Waals surface area contributed by atoms with E-state index in [1.807, 2.05) is 12.1 Å². The third-order valence-corrected chi connectivity index (χ3v) is 5.31. The van der Waals surface area contributed by atoms with Gasteiger partial charge in [0.2, 0.25) is 0 Å². The highest BCUT2D eigenvalue weighted by Crippen LogP contribution is 2.51. The van der Waals surface area contributed by atoms with Crippen LogP contribution in [0.25, 0.3) is 0 Å². The highest BCUT2D eigenvalue weighted by Gasteiger charge is 2.48. The van der Waals surface area contributed by atoms with Crippen molar-refractivity contribution in [3.8, 4) is 5.75 Å². The van der Waals surface area contributed by atoms with Crippen LogP contribution in [0.2, 0.25) is 0 Å². The van der Waals surface area contributed by atoms with E-state index in [-0.39, 0.29) is 11.5 Å². The molecule has 110 valence electrons. The maximum absolute atomic E-state index is 6.58. The zero-order valence-corrected chi connectivity index (χ0v) is 13.8. The van der Waals surface area contributed by atoms with Crippen LogP contribution >= 0.6 is 15.9 Å².